The molecule has 0 saturated heterocycles. The predicted octanol–water partition coefficient (Wildman–Crippen LogP) is 2.16. The van der Waals surface area contributed by atoms with Crippen LogP contribution in [0.1, 0.15) is 40.7 Å². The Hall–Kier alpha value is -2.63. The van der Waals surface area contributed by atoms with Gasteiger partial charge in [0, 0.05) is 30.6 Å². The molecule has 114 valence electrons. The number of carbonyl (C=O) groups is 2. The molecule has 0 fully saturated rings. The van der Waals surface area contributed by atoms with Gasteiger partial charge in [0.15, 0.2) is 5.82 Å². The Morgan fingerprint density at radius 2 is 2.14 bits per heavy atom. The van der Waals surface area contributed by atoms with Crippen molar-refractivity contribution in [3.63, 3.8) is 0 Å². The monoisotopic (exact) mass is 299 g/mol. The number of nitrogens with zero attached hydrogens (tertiary/aromatic N) is 2. The molecule has 1 aliphatic rings. The second-order valence-corrected chi connectivity index (χ2v) is 5.21. The van der Waals surface area contributed by atoms with Gasteiger partial charge in [0.05, 0.1) is 12.7 Å². The van der Waals surface area contributed by atoms with Gasteiger partial charge in [-0.3, -0.25) is 9.48 Å². The van der Waals surface area contributed by atoms with Crippen LogP contribution in [0.25, 0.3) is 0 Å². The van der Waals surface area contributed by atoms with E-state index in [2.05, 4.69) is 10.4 Å². The molecular weight excluding hydrogens is 282 g/mol. The Kier molecular flexibility index (Phi) is 3.66. The summed E-state index contributed by atoms with van der Waals surface area (Å²) in [5, 5.41) is 7.17. The third kappa shape index (κ3) is 2.47. The lowest BCUT2D eigenvalue weighted by Crippen LogP contribution is -2.23. The molecule has 0 aliphatic carbocycles. The van der Waals surface area contributed by atoms with Crippen LogP contribution in [0.2, 0.25) is 0 Å². The van der Waals surface area contributed by atoms with Crippen molar-refractivity contribution >= 4 is 17.7 Å². The lowest BCUT2D eigenvalue weighted by molar-refractivity contribution is -0.116. The molecule has 1 atom stereocenters. The van der Waals surface area contributed by atoms with Gasteiger partial charge in [-0.1, -0.05) is 12.1 Å². The molecule has 1 N–H and O–H groups in total. The van der Waals surface area contributed by atoms with Gasteiger partial charge < -0.3 is 10.1 Å². The van der Waals surface area contributed by atoms with Crippen LogP contribution in [0.15, 0.2) is 30.5 Å². The molecule has 0 bridgehead atoms. The van der Waals surface area contributed by atoms with Crippen LogP contribution in [0, 0.1) is 0 Å². The molecule has 1 amide bonds. The normalized spacial score (nSPS) is 16.8. The predicted molar refractivity (Wildman–Crippen MR) is 80.8 cm³/mol. The number of fused-ring (bicyclic) bond motifs is 1. The zero-order valence-corrected chi connectivity index (χ0v) is 12.5. The van der Waals surface area contributed by atoms with E-state index in [4.69, 9.17) is 4.74 Å². The van der Waals surface area contributed by atoms with Crippen molar-refractivity contribution < 1.29 is 14.3 Å². The van der Waals surface area contributed by atoms with Gasteiger partial charge in [-0.15, -0.1) is 0 Å². The average molecular weight is 299 g/mol. The SMILES string of the molecule is CCn1cc2c(n1)NC(=O)CC2c1ccc(C(=O)OC)cc1. The van der Waals surface area contributed by atoms with Crippen LogP contribution < -0.4 is 5.32 Å². The van der Waals surface area contributed by atoms with E-state index in [1.807, 2.05) is 29.9 Å². The van der Waals surface area contributed by atoms with Gasteiger partial charge in [0.2, 0.25) is 5.91 Å². The average Bonchev–Trinajstić information content (AvgIpc) is 2.96. The maximum absolute atomic E-state index is 11.9. The second kappa shape index (κ2) is 5.63. The number of anilines is 1. The third-order valence-electron chi connectivity index (χ3n) is 3.87. The molecule has 3 rings (SSSR count). The van der Waals surface area contributed by atoms with E-state index in [9.17, 15) is 9.59 Å². The summed E-state index contributed by atoms with van der Waals surface area (Å²) < 4.78 is 6.51. The molecule has 1 aliphatic heterocycles. The van der Waals surface area contributed by atoms with Crippen molar-refractivity contribution in [1.82, 2.24) is 9.78 Å². The highest BCUT2D eigenvalue weighted by Gasteiger charge is 2.29. The molecular formula is C16H17N3O3. The Morgan fingerprint density at radius 3 is 2.77 bits per heavy atom. The highest BCUT2D eigenvalue weighted by molar-refractivity contribution is 5.94. The van der Waals surface area contributed by atoms with Gasteiger partial charge in [-0.2, -0.15) is 5.10 Å². The number of hydrogen-bond donors (Lipinski definition) is 1. The van der Waals surface area contributed by atoms with Crippen molar-refractivity contribution in [2.45, 2.75) is 25.8 Å². The summed E-state index contributed by atoms with van der Waals surface area (Å²) in [5.41, 5.74) is 2.49. The van der Waals surface area contributed by atoms with Gasteiger partial charge in [0.25, 0.3) is 0 Å². The summed E-state index contributed by atoms with van der Waals surface area (Å²) in [6.07, 6.45) is 2.34. The van der Waals surface area contributed by atoms with Gasteiger partial charge in [0.1, 0.15) is 0 Å². The fraction of sp³-hybridized carbons (Fsp3) is 0.312. The van der Waals surface area contributed by atoms with Crippen LogP contribution in [0.4, 0.5) is 5.82 Å². The summed E-state index contributed by atoms with van der Waals surface area (Å²) in [7, 11) is 1.35. The minimum absolute atomic E-state index is 0.0455. The zero-order chi connectivity index (χ0) is 15.7. The standard InChI is InChI=1S/C16H17N3O3/c1-3-19-9-13-12(8-14(20)17-15(13)18-19)10-4-6-11(7-5-10)16(21)22-2/h4-7,9,12H,3,8H2,1-2H3,(H,17,18,20). The summed E-state index contributed by atoms with van der Waals surface area (Å²) in [4.78, 5) is 23.4. The number of amides is 1. The molecule has 2 heterocycles. The fourth-order valence-corrected chi connectivity index (χ4v) is 2.70. The molecule has 22 heavy (non-hydrogen) atoms. The molecule has 2 aromatic rings. The topological polar surface area (TPSA) is 73.2 Å². The van der Waals surface area contributed by atoms with Crippen LogP contribution in [-0.2, 0) is 16.1 Å². The van der Waals surface area contributed by atoms with Crippen molar-refractivity contribution in [1.29, 1.82) is 0 Å². The van der Waals surface area contributed by atoms with Crippen molar-refractivity contribution in [3.05, 3.63) is 47.2 Å². The number of carbonyl (C=O) groups excluding carboxylic acids is 2. The number of rotatable bonds is 3. The minimum Gasteiger partial charge on any atom is -0.465 e. The lowest BCUT2D eigenvalue weighted by Gasteiger charge is -2.21. The first kappa shape index (κ1) is 14.3. The number of aromatic nitrogens is 2. The Labute approximate surface area is 128 Å². The van der Waals surface area contributed by atoms with Crippen LogP contribution in [0.3, 0.4) is 0 Å². The summed E-state index contributed by atoms with van der Waals surface area (Å²) in [6.45, 7) is 2.75. The molecule has 0 saturated carbocycles. The number of benzene rings is 1. The molecule has 1 aromatic heterocycles. The quantitative estimate of drug-likeness (QED) is 0.881. The number of ether oxygens (including phenoxy) is 1. The van der Waals surface area contributed by atoms with E-state index in [-0.39, 0.29) is 17.8 Å². The molecule has 1 aromatic carbocycles. The summed E-state index contributed by atoms with van der Waals surface area (Å²) in [5.74, 6) is 0.166. The van der Waals surface area contributed by atoms with Crippen LogP contribution >= 0.6 is 0 Å². The Bertz CT molecular complexity index is 719. The van der Waals surface area contributed by atoms with E-state index in [0.29, 0.717) is 17.8 Å². The second-order valence-electron chi connectivity index (χ2n) is 5.21. The first-order valence-electron chi connectivity index (χ1n) is 7.17. The first-order chi connectivity index (χ1) is 10.6. The largest absolute Gasteiger partial charge is 0.465 e. The van der Waals surface area contributed by atoms with E-state index in [1.54, 1.807) is 12.1 Å². The lowest BCUT2D eigenvalue weighted by atomic mass is 9.87. The Balaban J connectivity index is 1.96. The molecule has 0 spiro atoms. The van der Waals surface area contributed by atoms with Crippen LogP contribution in [0.5, 0.6) is 0 Å². The third-order valence-corrected chi connectivity index (χ3v) is 3.87. The molecule has 1 unspecified atom stereocenters. The van der Waals surface area contributed by atoms with Crippen molar-refractivity contribution in [2.24, 2.45) is 0 Å². The smallest absolute Gasteiger partial charge is 0.337 e. The van der Waals surface area contributed by atoms with Crippen molar-refractivity contribution in [3.8, 4) is 0 Å². The number of methoxy groups -OCH3 is 1. The van der Waals surface area contributed by atoms with Gasteiger partial charge in [-0.05, 0) is 24.6 Å². The van der Waals surface area contributed by atoms with Gasteiger partial charge >= 0.3 is 5.97 Å². The Morgan fingerprint density at radius 1 is 1.41 bits per heavy atom. The first-order valence-corrected chi connectivity index (χ1v) is 7.17. The van der Waals surface area contributed by atoms with E-state index in [1.165, 1.54) is 7.11 Å². The molecule has 6 heteroatoms. The van der Waals surface area contributed by atoms with E-state index >= 15 is 0 Å². The number of hydrogen-bond acceptors (Lipinski definition) is 4. The molecule has 6 nitrogen and oxygen atoms in total. The van der Waals surface area contributed by atoms with E-state index in [0.717, 1.165) is 17.7 Å². The highest BCUT2D eigenvalue weighted by atomic mass is 16.5. The number of aryl methyl sites for hydroxylation is 1. The zero-order valence-electron chi connectivity index (χ0n) is 12.5. The highest BCUT2D eigenvalue weighted by Crippen LogP contribution is 2.36. The maximum atomic E-state index is 11.9. The fourth-order valence-electron chi connectivity index (χ4n) is 2.70. The number of esters is 1. The van der Waals surface area contributed by atoms with Crippen LogP contribution in [-0.4, -0.2) is 28.8 Å². The maximum Gasteiger partial charge on any atom is 0.337 e. The van der Waals surface area contributed by atoms with Crippen molar-refractivity contribution in [2.75, 3.05) is 12.4 Å². The molecule has 0 radical (unpaired) electrons. The van der Waals surface area contributed by atoms with Gasteiger partial charge in [-0.25, -0.2) is 4.79 Å². The van der Waals surface area contributed by atoms with E-state index < -0.39 is 0 Å². The summed E-state index contributed by atoms with van der Waals surface area (Å²) in [6, 6.07) is 7.17. The number of nitrogens with one attached hydrogen (secondary N) is 1. The summed E-state index contributed by atoms with van der Waals surface area (Å²) >= 11 is 0. The minimum atomic E-state index is -0.368.